The summed E-state index contributed by atoms with van der Waals surface area (Å²) in [5.41, 5.74) is 0.215. The molecule has 0 bridgehead atoms. The molecule has 0 aliphatic carbocycles. The maximum atomic E-state index is 13.4. The van der Waals surface area contributed by atoms with Crippen LogP contribution in [0, 0.1) is 5.82 Å². The van der Waals surface area contributed by atoms with Gasteiger partial charge in [0.25, 0.3) is 5.91 Å². The molecule has 1 heterocycles. The van der Waals surface area contributed by atoms with Gasteiger partial charge >= 0.3 is 0 Å². The Balaban J connectivity index is 1.96. The van der Waals surface area contributed by atoms with Crippen molar-refractivity contribution in [2.45, 2.75) is 18.9 Å². The third-order valence-corrected chi connectivity index (χ3v) is 3.88. The molecule has 0 spiro atoms. The minimum absolute atomic E-state index is 0.113. The normalized spacial score (nSPS) is 16.4. The van der Waals surface area contributed by atoms with E-state index in [0.717, 1.165) is 12.8 Å². The van der Waals surface area contributed by atoms with Crippen molar-refractivity contribution in [2.24, 2.45) is 0 Å². The smallest absolute Gasteiger partial charge is 0.255 e. The number of halogens is 3. The molecule has 0 aromatic heterocycles. The largest absolute Gasteiger partial charge is 0.377 e. The molecule has 1 aromatic rings. The predicted molar refractivity (Wildman–Crippen MR) is 77.0 cm³/mol. The second-order valence-electron chi connectivity index (χ2n) is 4.65. The third-order valence-electron chi connectivity index (χ3n) is 3.34. The zero-order valence-corrected chi connectivity index (χ0v) is 12.5. The lowest BCUT2D eigenvalue weighted by molar-refractivity contribution is 0.0154. The van der Waals surface area contributed by atoms with Gasteiger partial charge in [-0.05, 0) is 25.0 Å². The van der Waals surface area contributed by atoms with Gasteiger partial charge in [-0.2, -0.15) is 0 Å². The number of amides is 1. The van der Waals surface area contributed by atoms with Crippen LogP contribution in [-0.2, 0) is 4.74 Å². The summed E-state index contributed by atoms with van der Waals surface area (Å²) in [5, 5.41) is -0.113. The Morgan fingerprint density at radius 2 is 2.10 bits per heavy atom. The summed E-state index contributed by atoms with van der Waals surface area (Å²) >= 11 is 11.4. The van der Waals surface area contributed by atoms with Crippen molar-refractivity contribution >= 4 is 29.1 Å². The molecule has 20 heavy (non-hydrogen) atoms. The van der Waals surface area contributed by atoms with Crippen molar-refractivity contribution in [3.05, 3.63) is 34.6 Å². The monoisotopic (exact) mass is 319 g/mol. The van der Waals surface area contributed by atoms with Crippen LogP contribution in [-0.4, -0.2) is 42.5 Å². The topological polar surface area (TPSA) is 29.5 Å². The van der Waals surface area contributed by atoms with E-state index >= 15 is 0 Å². The van der Waals surface area contributed by atoms with Gasteiger partial charge in [0.15, 0.2) is 0 Å². The van der Waals surface area contributed by atoms with Gasteiger partial charge in [-0.1, -0.05) is 17.7 Å². The fourth-order valence-corrected chi connectivity index (χ4v) is 2.57. The first-order valence-electron chi connectivity index (χ1n) is 6.54. The fraction of sp³-hybridized carbons (Fsp3) is 0.500. The minimum atomic E-state index is -0.571. The number of carbonyl (C=O) groups is 1. The number of piperidine rings is 1. The Labute approximate surface area is 127 Å². The quantitative estimate of drug-likeness (QED) is 0.797. The van der Waals surface area contributed by atoms with E-state index in [9.17, 15) is 9.18 Å². The van der Waals surface area contributed by atoms with Gasteiger partial charge in [0.05, 0.1) is 23.3 Å². The summed E-state index contributed by atoms with van der Waals surface area (Å²) in [6, 6.07) is 4.28. The molecular weight excluding hydrogens is 304 g/mol. The summed E-state index contributed by atoms with van der Waals surface area (Å²) in [5.74, 6) is -0.332. The number of hydrogen-bond donors (Lipinski definition) is 0. The summed E-state index contributed by atoms with van der Waals surface area (Å²) in [6.45, 7) is 1.69. The highest BCUT2D eigenvalue weighted by Gasteiger charge is 2.25. The van der Waals surface area contributed by atoms with Gasteiger partial charge < -0.3 is 9.64 Å². The van der Waals surface area contributed by atoms with Crippen LogP contribution in [0.5, 0.6) is 0 Å². The highest BCUT2D eigenvalue weighted by Crippen LogP contribution is 2.23. The highest BCUT2D eigenvalue weighted by molar-refractivity contribution is 6.34. The molecule has 0 N–H and O–H groups in total. The van der Waals surface area contributed by atoms with E-state index in [1.807, 2.05) is 0 Å². The van der Waals surface area contributed by atoms with Crippen LogP contribution in [0.3, 0.4) is 0 Å². The van der Waals surface area contributed by atoms with Gasteiger partial charge in [-0.15, -0.1) is 11.6 Å². The molecule has 3 nitrogen and oxygen atoms in total. The molecule has 110 valence electrons. The molecule has 1 aliphatic rings. The molecule has 1 amide bonds. The molecule has 0 atom stereocenters. The number of ether oxygens (including phenoxy) is 1. The van der Waals surface area contributed by atoms with Crippen LogP contribution >= 0.6 is 23.2 Å². The van der Waals surface area contributed by atoms with E-state index in [1.165, 1.54) is 12.1 Å². The Morgan fingerprint density at radius 3 is 2.75 bits per heavy atom. The number of alkyl halides is 1. The second-order valence-corrected chi connectivity index (χ2v) is 5.41. The second kappa shape index (κ2) is 7.25. The van der Waals surface area contributed by atoms with Crippen LogP contribution in [0.25, 0.3) is 0 Å². The molecule has 1 aromatic carbocycles. The van der Waals surface area contributed by atoms with Crippen LogP contribution in [0.1, 0.15) is 23.2 Å². The number of nitrogens with zero attached hydrogens (tertiary/aromatic N) is 1. The van der Waals surface area contributed by atoms with Crippen LogP contribution in [0.15, 0.2) is 18.2 Å². The van der Waals surface area contributed by atoms with E-state index in [0.29, 0.717) is 25.6 Å². The van der Waals surface area contributed by atoms with Crippen molar-refractivity contribution in [3.63, 3.8) is 0 Å². The van der Waals surface area contributed by atoms with Crippen molar-refractivity contribution in [1.29, 1.82) is 0 Å². The molecule has 1 aliphatic heterocycles. The average molecular weight is 320 g/mol. The summed E-state index contributed by atoms with van der Waals surface area (Å²) < 4.78 is 18.9. The first-order valence-corrected chi connectivity index (χ1v) is 7.45. The summed E-state index contributed by atoms with van der Waals surface area (Å²) in [7, 11) is 0. The summed E-state index contributed by atoms with van der Waals surface area (Å²) in [6.07, 6.45) is 1.66. The number of carbonyl (C=O) groups excluding carboxylic acids is 1. The summed E-state index contributed by atoms with van der Waals surface area (Å²) in [4.78, 5) is 14.0. The number of likely N-dealkylation sites (tertiary alicyclic amines) is 1. The van der Waals surface area contributed by atoms with Gasteiger partial charge in [-0.25, -0.2) is 4.39 Å². The maximum absolute atomic E-state index is 13.4. The Kier molecular flexibility index (Phi) is 5.64. The van der Waals surface area contributed by atoms with Gasteiger partial charge in [-0.3, -0.25) is 4.79 Å². The minimum Gasteiger partial charge on any atom is -0.377 e. The van der Waals surface area contributed by atoms with Crippen LogP contribution < -0.4 is 0 Å². The van der Waals surface area contributed by atoms with Crippen molar-refractivity contribution < 1.29 is 13.9 Å². The fourth-order valence-electron chi connectivity index (χ4n) is 2.28. The van der Waals surface area contributed by atoms with Crippen molar-refractivity contribution in [1.82, 2.24) is 4.90 Å². The van der Waals surface area contributed by atoms with E-state index in [-0.39, 0.29) is 22.6 Å². The van der Waals surface area contributed by atoms with Gasteiger partial charge in [0.2, 0.25) is 0 Å². The first-order chi connectivity index (χ1) is 9.63. The Morgan fingerprint density at radius 1 is 1.40 bits per heavy atom. The van der Waals surface area contributed by atoms with E-state index in [2.05, 4.69) is 0 Å². The van der Waals surface area contributed by atoms with E-state index in [4.69, 9.17) is 27.9 Å². The molecule has 1 fully saturated rings. The highest BCUT2D eigenvalue weighted by atomic mass is 35.5. The average Bonchev–Trinajstić information content (AvgIpc) is 2.48. The molecule has 2 rings (SSSR count). The lowest BCUT2D eigenvalue weighted by Gasteiger charge is -2.32. The van der Waals surface area contributed by atoms with Crippen LogP contribution in [0.2, 0.25) is 5.02 Å². The Hall–Kier alpha value is -0.840. The zero-order chi connectivity index (χ0) is 14.5. The Bertz CT molecular complexity index is 476. The van der Waals surface area contributed by atoms with E-state index < -0.39 is 5.82 Å². The van der Waals surface area contributed by atoms with Gasteiger partial charge in [0, 0.05) is 19.0 Å². The third kappa shape index (κ3) is 3.62. The SMILES string of the molecule is O=C(c1cccc(F)c1Cl)N1CCC(OCCCl)CC1. The number of benzene rings is 1. The molecule has 1 saturated heterocycles. The van der Waals surface area contributed by atoms with Crippen molar-refractivity contribution in [3.8, 4) is 0 Å². The van der Waals surface area contributed by atoms with Crippen molar-refractivity contribution in [2.75, 3.05) is 25.6 Å². The maximum Gasteiger partial charge on any atom is 0.255 e. The first kappa shape index (κ1) is 15.5. The lowest BCUT2D eigenvalue weighted by atomic mass is 10.1. The molecule has 6 heteroatoms. The van der Waals surface area contributed by atoms with Gasteiger partial charge in [0.1, 0.15) is 5.82 Å². The lowest BCUT2D eigenvalue weighted by Crippen LogP contribution is -2.41. The molecule has 0 saturated carbocycles. The predicted octanol–water partition coefficient (Wildman–Crippen LogP) is 3.34. The number of rotatable bonds is 4. The van der Waals surface area contributed by atoms with Crippen LogP contribution in [0.4, 0.5) is 4.39 Å². The molecule has 0 unspecified atom stereocenters. The standard InChI is InChI=1S/C14H16Cl2FNO2/c15-6-9-20-10-4-7-18(8-5-10)14(19)11-2-1-3-12(17)13(11)16/h1-3,10H,4-9H2. The number of hydrogen-bond acceptors (Lipinski definition) is 2. The molecular formula is C14H16Cl2FNO2. The zero-order valence-electron chi connectivity index (χ0n) is 10.9. The molecule has 0 radical (unpaired) electrons. The van der Waals surface area contributed by atoms with E-state index in [1.54, 1.807) is 11.0 Å².